The molecule has 2 atom stereocenters. The largest absolute Gasteiger partial charge is 0.522 e. The zero-order chi connectivity index (χ0) is 22.1. The lowest BCUT2D eigenvalue weighted by atomic mass is 9.88. The number of alkyl halides is 3. The van der Waals surface area contributed by atoms with E-state index in [0.29, 0.717) is 36.4 Å². The fourth-order valence-corrected chi connectivity index (χ4v) is 4.70. The molecule has 2 aliphatic heterocycles. The molecular weight excluding hydrogens is 437 g/mol. The minimum Gasteiger partial charge on any atom is -0.491 e. The van der Waals surface area contributed by atoms with Gasteiger partial charge in [-0.1, -0.05) is 0 Å². The number of halogens is 3. The van der Waals surface area contributed by atoms with Crippen molar-refractivity contribution in [3.05, 3.63) is 45.9 Å². The SMILES string of the molecule is Cc1cc(C(=O)N2CCC3(c4nccs4)OCOC3C2)ccc1OCCOC(F)(F)F. The first-order chi connectivity index (χ1) is 14.8. The Balaban J connectivity index is 1.38. The molecule has 0 saturated carbocycles. The van der Waals surface area contributed by atoms with Gasteiger partial charge in [-0.25, -0.2) is 4.98 Å². The first-order valence-corrected chi connectivity index (χ1v) is 10.6. The number of rotatable bonds is 6. The molecule has 1 aromatic heterocycles. The topological polar surface area (TPSA) is 70.1 Å². The van der Waals surface area contributed by atoms with E-state index in [0.717, 1.165) is 5.01 Å². The summed E-state index contributed by atoms with van der Waals surface area (Å²) in [6.45, 7) is 1.90. The van der Waals surface area contributed by atoms with Crippen molar-refractivity contribution in [3.63, 3.8) is 0 Å². The predicted molar refractivity (Wildman–Crippen MR) is 104 cm³/mol. The van der Waals surface area contributed by atoms with E-state index in [2.05, 4.69) is 9.72 Å². The van der Waals surface area contributed by atoms with Gasteiger partial charge in [-0.05, 0) is 30.7 Å². The van der Waals surface area contributed by atoms with Gasteiger partial charge in [-0.3, -0.25) is 9.53 Å². The molecule has 11 heteroatoms. The van der Waals surface area contributed by atoms with Crippen LogP contribution in [0.15, 0.2) is 29.8 Å². The van der Waals surface area contributed by atoms with Gasteiger partial charge in [0.05, 0.1) is 13.2 Å². The Morgan fingerprint density at radius 3 is 2.94 bits per heavy atom. The van der Waals surface area contributed by atoms with E-state index in [-0.39, 0.29) is 25.4 Å². The Kier molecular flexibility index (Phi) is 6.20. The van der Waals surface area contributed by atoms with Gasteiger partial charge in [0.2, 0.25) is 0 Å². The molecule has 3 heterocycles. The number of likely N-dealkylation sites (tertiary alicyclic amines) is 1. The van der Waals surface area contributed by atoms with Crippen molar-refractivity contribution in [2.45, 2.75) is 31.4 Å². The number of hydrogen-bond acceptors (Lipinski definition) is 7. The maximum Gasteiger partial charge on any atom is 0.522 e. The highest BCUT2D eigenvalue weighted by Gasteiger charge is 2.52. The Labute approximate surface area is 180 Å². The van der Waals surface area contributed by atoms with Crippen LogP contribution in [0.25, 0.3) is 0 Å². The number of aryl methyl sites for hydroxylation is 1. The number of ether oxygens (including phenoxy) is 4. The van der Waals surface area contributed by atoms with E-state index < -0.39 is 18.6 Å². The number of hydrogen-bond donors (Lipinski definition) is 0. The highest BCUT2D eigenvalue weighted by molar-refractivity contribution is 7.09. The van der Waals surface area contributed by atoms with Crippen molar-refractivity contribution in [1.82, 2.24) is 9.88 Å². The zero-order valence-corrected chi connectivity index (χ0v) is 17.5. The van der Waals surface area contributed by atoms with Gasteiger partial charge in [0.25, 0.3) is 5.91 Å². The van der Waals surface area contributed by atoms with Gasteiger partial charge < -0.3 is 19.1 Å². The third-order valence-electron chi connectivity index (χ3n) is 5.36. The van der Waals surface area contributed by atoms with Gasteiger partial charge in [-0.2, -0.15) is 0 Å². The lowest BCUT2D eigenvalue weighted by molar-refractivity contribution is -0.325. The summed E-state index contributed by atoms with van der Waals surface area (Å²) in [6, 6.07) is 4.84. The van der Waals surface area contributed by atoms with Crippen molar-refractivity contribution >= 4 is 17.2 Å². The lowest BCUT2D eigenvalue weighted by Crippen LogP contribution is -2.53. The quantitative estimate of drug-likeness (QED) is 0.618. The summed E-state index contributed by atoms with van der Waals surface area (Å²) in [5, 5.41) is 2.75. The first-order valence-electron chi connectivity index (χ1n) is 9.67. The van der Waals surface area contributed by atoms with Crippen LogP contribution in [0, 0.1) is 6.92 Å². The highest BCUT2D eigenvalue weighted by Crippen LogP contribution is 2.43. The number of carbonyl (C=O) groups excluding carboxylic acids is 1. The number of piperidine rings is 1. The average molecular weight is 458 g/mol. The maximum atomic E-state index is 13.0. The second kappa shape index (κ2) is 8.73. The van der Waals surface area contributed by atoms with E-state index in [4.69, 9.17) is 14.2 Å². The summed E-state index contributed by atoms with van der Waals surface area (Å²) in [5.41, 5.74) is 0.501. The monoisotopic (exact) mass is 458 g/mol. The average Bonchev–Trinajstić information content (AvgIpc) is 3.40. The van der Waals surface area contributed by atoms with Crippen molar-refractivity contribution in [1.29, 1.82) is 0 Å². The number of benzene rings is 1. The molecule has 2 fully saturated rings. The molecule has 0 radical (unpaired) electrons. The summed E-state index contributed by atoms with van der Waals surface area (Å²) >= 11 is 1.51. The third kappa shape index (κ3) is 4.69. The van der Waals surface area contributed by atoms with Crippen molar-refractivity contribution in [2.75, 3.05) is 33.1 Å². The standard InChI is InChI=1S/C20H21F3N2O5S/c1-13-10-14(2-3-15(13)27-7-8-29-20(21,22)23)17(26)25-6-4-19(18-24-5-9-31-18)16(11-25)28-12-30-19/h2-3,5,9-10,16H,4,6-8,11-12H2,1H3. The molecule has 2 saturated heterocycles. The molecule has 7 nitrogen and oxygen atoms in total. The van der Waals surface area contributed by atoms with Crippen LogP contribution in [0.3, 0.4) is 0 Å². The lowest BCUT2D eigenvalue weighted by Gasteiger charge is -2.40. The molecule has 168 valence electrons. The smallest absolute Gasteiger partial charge is 0.491 e. The van der Waals surface area contributed by atoms with Crippen molar-refractivity contribution in [2.24, 2.45) is 0 Å². The van der Waals surface area contributed by atoms with E-state index in [1.54, 1.807) is 36.2 Å². The molecule has 4 rings (SSSR count). The molecule has 2 aromatic rings. The van der Waals surface area contributed by atoms with Gasteiger partial charge in [0.15, 0.2) is 5.60 Å². The summed E-state index contributed by atoms with van der Waals surface area (Å²) < 4.78 is 56.8. The first kappa shape index (κ1) is 22.0. The number of thiazole rings is 1. The molecular formula is C20H21F3N2O5S. The number of amides is 1. The summed E-state index contributed by atoms with van der Waals surface area (Å²) in [5.74, 6) is 0.245. The van der Waals surface area contributed by atoms with Crippen molar-refractivity contribution in [3.8, 4) is 5.75 Å². The molecule has 0 aliphatic carbocycles. The minimum atomic E-state index is -4.69. The molecule has 1 aromatic carbocycles. The van der Waals surface area contributed by atoms with E-state index in [9.17, 15) is 18.0 Å². The van der Waals surface area contributed by atoms with Crippen LogP contribution in [0.2, 0.25) is 0 Å². The Bertz CT molecular complexity index is 924. The second-order valence-corrected chi connectivity index (χ2v) is 8.16. The molecule has 1 amide bonds. The molecule has 0 N–H and O–H groups in total. The Hall–Kier alpha value is -2.21. The van der Waals surface area contributed by atoms with E-state index in [1.807, 2.05) is 5.38 Å². The van der Waals surface area contributed by atoms with Gasteiger partial charge >= 0.3 is 6.36 Å². The van der Waals surface area contributed by atoms with Crippen LogP contribution < -0.4 is 4.74 Å². The van der Waals surface area contributed by atoms with Crippen LogP contribution in [-0.4, -0.2) is 61.4 Å². The summed E-state index contributed by atoms with van der Waals surface area (Å²) in [6.07, 6.45) is -2.68. The van der Waals surface area contributed by atoms with Gasteiger partial charge in [0, 0.05) is 30.1 Å². The zero-order valence-electron chi connectivity index (χ0n) is 16.7. The fraction of sp³-hybridized carbons (Fsp3) is 0.500. The number of aromatic nitrogens is 1. The molecule has 2 aliphatic rings. The van der Waals surface area contributed by atoms with Gasteiger partial charge in [-0.15, -0.1) is 24.5 Å². The Morgan fingerprint density at radius 1 is 1.39 bits per heavy atom. The summed E-state index contributed by atoms with van der Waals surface area (Å²) in [4.78, 5) is 19.2. The van der Waals surface area contributed by atoms with Crippen LogP contribution in [0.1, 0.15) is 27.3 Å². The number of carbonyl (C=O) groups is 1. The van der Waals surface area contributed by atoms with E-state index >= 15 is 0 Å². The predicted octanol–water partition coefficient (Wildman–Crippen LogP) is 3.48. The van der Waals surface area contributed by atoms with E-state index in [1.165, 1.54) is 11.3 Å². The second-order valence-electron chi connectivity index (χ2n) is 7.27. The molecule has 0 bridgehead atoms. The van der Waals surface area contributed by atoms with Crippen molar-refractivity contribution < 1.29 is 36.9 Å². The number of nitrogens with zero attached hydrogens (tertiary/aromatic N) is 2. The normalized spacial score (nSPS) is 23.6. The van der Waals surface area contributed by atoms with Gasteiger partial charge in [0.1, 0.15) is 30.3 Å². The molecule has 2 unspecified atom stereocenters. The fourth-order valence-electron chi connectivity index (χ4n) is 3.83. The van der Waals surface area contributed by atoms with Crippen LogP contribution >= 0.6 is 11.3 Å². The van der Waals surface area contributed by atoms with Crippen LogP contribution in [0.5, 0.6) is 5.75 Å². The molecule has 31 heavy (non-hydrogen) atoms. The Morgan fingerprint density at radius 2 is 2.23 bits per heavy atom. The van der Waals surface area contributed by atoms with Crippen LogP contribution in [-0.2, 0) is 19.8 Å². The molecule has 0 spiro atoms. The minimum absolute atomic E-state index is 0.154. The number of fused-ring (bicyclic) bond motifs is 1. The van der Waals surface area contributed by atoms with Crippen LogP contribution in [0.4, 0.5) is 13.2 Å². The summed E-state index contributed by atoms with van der Waals surface area (Å²) in [7, 11) is 0. The maximum absolute atomic E-state index is 13.0. The highest BCUT2D eigenvalue weighted by atomic mass is 32.1. The third-order valence-corrected chi connectivity index (χ3v) is 6.29.